The Morgan fingerprint density at radius 3 is 2.93 bits per heavy atom. The van der Waals surface area contributed by atoms with Crippen molar-refractivity contribution in [3.8, 4) is 11.4 Å². The molecular weight excluding hydrogens is 425 g/mol. The van der Waals surface area contributed by atoms with Crippen LogP contribution in [0.5, 0.6) is 0 Å². The van der Waals surface area contributed by atoms with Crippen molar-refractivity contribution in [1.82, 2.24) is 24.1 Å². The molecule has 1 aliphatic heterocycles. The minimum atomic E-state index is -0.292. The van der Waals surface area contributed by atoms with Crippen LogP contribution < -0.4 is 5.56 Å². The highest BCUT2D eigenvalue weighted by Crippen LogP contribution is 2.28. The van der Waals surface area contributed by atoms with Gasteiger partial charge in [-0.15, -0.1) is 21.5 Å². The molecule has 1 unspecified atom stereocenters. The predicted molar refractivity (Wildman–Crippen MR) is 113 cm³/mol. The molecule has 0 amide bonds. The first kappa shape index (κ1) is 19.4. The van der Waals surface area contributed by atoms with Crippen molar-refractivity contribution in [3.05, 3.63) is 63.8 Å². The fraction of sp³-hybridized carbons (Fsp3) is 0.300. The average Bonchev–Trinajstić information content (AvgIpc) is 3.49. The topological polar surface area (TPSA) is 74.3 Å². The Balaban J connectivity index is 1.44. The Kier molecular flexibility index (Phi) is 5.36. The van der Waals surface area contributed by atoms with Crippen molar-refractivity contribution in [3.63, 3.8) is 0 Å². The lowest BCUT2D eigenvalue weighted by Gasteiger charge is -2.14. The number of thiazole rings is 1. The third kappa shape index (κ3) is 3.90. The normalized spacial score (nSPS) is 16.5. The van der Waals surface area contributed by atoms with E-state index in [0.29, 0.717) is 28.8 Å². The molecule has 4 aromatic rings. The molecule has 154 valence electrons. The molecule has 1 saturated heterocycles. The average molecular weight is 444 g/mol. The Bertz CT molecular complexity index is 1230. The summed E-state index contributed by atoms with van der Waals surface area (Å²) in [6.45, 7) is 1.39. The molecule has 5 rings (SSSR count). The third-order valence-corrected chi connectivity index (χ3v) is 6.69. The first-order chi connectivity index (χ1) is 14.7. The molecule has 30 heavy (non-hydrogen) atoms. The van der Waals surface area contributed by atoms with E-state index in [4.69, 9.17) is 4.74 Å². The van der Waals surface area contributed by atoms with Crippen LogP contribution >= 0.6 is 23.1 Å². The number of fused-ring (bicyclic) bond motifs is 1. The molecule has 0 N–H and O–H groups in total. The molecule has 0 saturated carbocycles. The summed E-state index contributed by atoms with van der Waals surface area (Å²) < 4.78 is 22.7. The molecule has 1 atom stereocenters. The fourth-order valence-electron chi connectivity index (χ4n) is 3.46. The van der Waals surface area contributed by atoms with E-state index < -0.39 is 0 Å². The molecule has 4 heterocycles. The van der Waals surface area contributed by atoms with Crippen LogP contribution in [0.2, 0.25) is 0 Å². The van der Waals surface area contributed by atoms with Crippen LogP contribution in [0.25, 0.3) is 16.3 Å². The Morgan fingerprint density at radius 2 is 2.13 bits per heavy atom. The van der Waals surface area contributed by atoms with Crippen LogP contribution in [0.4, 0.5) is 4.39 Å². The van der Waals surface area contributed by atoms with Crippen molar-refractivity contribution >= 4 is 28.1 Å². The summed E-state index contributed by atoms with van der Waals surface area (Å²) in [5, 5.41) is 11.3. The molecule has 1 aromatic carbocycles. The lowest BCUT2D eigenvalue weighted by molar-refractivity contribution is 0.0953. The third-order valence-electron chi connectivity index (χ3n) is 4.93. The van der Waals surface area contributed by atoms with E-state index in [9.17, 15) is 9.18 Å². The van der Waals surface area contributed by atoms with E-state index in [1.807, 2.05) is 9.95 Å². The number of hydrogen-bond donors (Lipinski definition) is 0. The monoisotopic (exact) mass is 443 g/mol. The molecule has 0 spiro atoms. The quantitative estimate of drug-likeness (QED) is 0.424. The van der Waals surface area contributed by atoms with Gasteiger partial charge in [0.1, 0.15) is 5.82 Å². The lowest BCUT2D eigenvalue weighted by atomic mass is 10.2. The number of halogens is 1. The van der Waals surface area contributed by atoms with Crippen LogP contribution in [0.3, 0.4) is 0 Å². The van der Waals surface area contributed by atoms with Gasteiger partial charge in [-0.05, 0) is 37.1 Å². The van der Waals surface area contributed by atoms with Gasteiger partial charge in [0, 0.05) is 35.6 Å². The maximum atomic E-state index is 13.4. The Labute approximate surface area is 179 Å². The van der Waals surface area contributed by atoms with Gasteiger partial charge in [-0.3, -0.25) is 13.8 Å². The molecule has 0 aliphatic carbocycles. The zero-order valence-electron chi connectivity index (χ0n) is 15.9. The van der Waals surface area contributed by atoms with Crippen molar-refractivity contribution in [2.75, 3.05) is 6.61 Å². The van der Waals surface area contributed by atoms with E-state index in [2.05, 4.69) is 15.2 Å². The highest BCUT2D eigenvalue weighted by Gasteiger charge is 2.22. The largest absolute Gasteiger partial charge is 0.376 e. The van der Waals surface area contributed by atoms with Gasteiger partial charge in [-0.1, -0.05) is 11.8 Å². The van der Waals surface area contributed by atoms with Gasteiger partial charge in [0.2, 0.25) is 0 Å². The Morgan fingerprint density at radius 1 is 1.27 bits per heavy atom. The first-order valence-electron chi connectivity index (χ1n) is 9.57. The summed E-state index contributed by atoms with van der Waals surface area (Å²) >= 11 is 2.90. The number of benzene rings is 1. The van der Waals surface area contributed by atoms with Crippen molar-refractivity contribution < 1.29 is 9.13 Å². The van der Waals surface area contributed by atoms with E-state index >= 15 is 0 Å². The molecule has 1 fully saturated rings. The van der Waals surface area contributed by atoms with Crippen LogP contribution in [-0.2, 0) is 17.0 Å². The smallest absolute Gasteiger partial charge is 0.258 e. The standard InChI is InChI=1S/C20H18FN5O2S2/c21-14-5-3-13(4-6-14)18-23-24-20(26(18)11-16-2-1-8-28-16)30-12-15-10-17(27)25-7-9-29-19(25)22-15/h3-7,9-10,16H,1-2,8,11-12H2. The van der Waals surface area contributed by atoms with Gasteiger partial charge in [0.05, 0.1) is 18.3 Å². The molecule has 0 bridgehead atoms. The van der Waals surface area contributed by atoms with Crippen molar-refractivity contribution in [2.45, 2.75) is 36.4 Å². The van der Waals surface area contributed by atoms with Gasteiger partial charge < -0.3 is 4.74 Å². The summed E-state index contributed by atoms with van der Waals surface area (Å²) in [6.07, 6.45) is 3.85. The summed E-state index contributed by atoms with van der Waals surface area (Å²) in [7, 11) is 0. The number of ether oxygens (including phenoxy) is 1. The van der Waals surface area contributed by atoms with Gasteiger partial charge >= 0.3 is 0 Å². The summed E-state index contributed by atoms with van der Waals surface area (Å²) in [5.74, 6) is 0.881. The zero-order valence-corrected chi connectivity index (χ0v) is 17.5. The maximum Gasteiger partial charge on any atom is 0.258 e. The number of hydrogen-bond acceptors (Lipinski definition) is 7. The minimum Gasteiger partial charge on any atom is -0.376 e. The van der Waals surface area contributed by atoms with Crippen molar-refractivity contribution in [2.24, 2.45) is 0 Å². The van der Waals surface area contributed by atoms with E-state index in [1.165, 1.54) is 39.6 Å². The highest BCUT2D eigenvalue weighted by atomic mass is 32.2. The number of rotatable bonds is 6. The second-order valence-corrected chi connectivity index (χ2v) is 8.80. The molecule has 10 heteroatoms. The number of thioether (sulfide) groups is 1. The zero-order chi connectivity index (χ0) is 20.5. The first-order valence-corrected chi connectivity index (χ1v) is 11.4. The van der Waals surface area contributed by atoms with Crippen LogP contribution in [0.1, 0.15) is 18.5 Å². The summed E-state index contributed by atoms with van der Waals surface area (Å²) in [6, 6.07) is 7.79. The van der Waals surface area contributed by atoms with E-state index in [-0.39, 0.29) is 17.5 Å². The Hall–Kier alpha value is -2.56. The molecule has 0 radical (unpaired) electrons. The molecule has 7 nitrogen and oxygen atoms in total. The second kappa shape index (κ2) is 8.29. The van der Waals surface area contributed by atoms with Gasteiger partial charge in [0.25, 0.3) is 5.56 Å². The van der Waals surface area contributed by atoms with E-state index in [1.54, 1.807) is 24.4 Å². The lowest BCUT2D eigenvalue weighted by Crippen LogP contribution is -2.17. The maximum absolute atomic E-state index is 13.4. The molecule has 1 aliphatic rings. The van der Waals surface area contributed by atoms with E-state index in [0.717, 1.165) is 30.2 Å². The number of aromatic nitrogens is 5. The molecule has 3 aromatic heterocycles. The minimum absolute atomic E-state index is 0.0929. The summed E-state index contributed by atoms with van der Waals surface area (Å²) in [5.41, 5.74) is 1.40. The van der Waals surface area contributed by atoms with Crippen LogP contribution in [-0.4, -0.2) is 36.9 Å². The SMILES string of the molecule is O=c1cc(CSc2nnc(-c3ccc(F)cc3)n2CC2CCCO2)nc2sccn12. The molecular formula is C20H18FN5O2S2. The van der Waals surface area contributed by atoms with Gasteiger partial charge in [-0.25, -0.2) is 9.37 Å². The second-order valence-electron chi connectivity index (χ2n) is 6.99. The summed E-state index contributed by atoms with van der Waals surface area (Å²) in [4.78, 5) is 17.5. The van der Waals surface area contributed by atoms with Gasteiger partial charge in [0.15, 0.2) is 15.9 Å². The number of nitrogens with zero attached hydrogens (tertiary/aromatic N) is 5. The van der Waals surface area contributed by atoms with Crippen molar-refractivity contribution in [1.29, 1.82) is 0 Å². The van der Waals surface area contributed by atoms with Gasteiger partial charge in [-0.2, -0.15) is 0 Å². The fourth-order valence-corrected chi connectivity index (χ4v) is 5.04. The van der Waals surface area contributed by atoms with Crippen LogP contribution in [0.15, 0.2) is 51.9 Å². The van der Waals surface area contributed by atoms with Crippen LogP contribution in [0, 0.1) is 5.82 Å². The predicted octanol–water partition coefficient (Wildman–Crippen LogP) is 3.62. The highest BCUT2D eigenvalue weighted by molar-refractivity contribution is 7.98.